The molecular weight excluding hydrogens is 395 g/mol. The SMILES string of the molecule is CCOC(=O)Cc1csc(NC(=O)c2cnn(-c3ccc(F)cc3)c2C(C)C)n1. The molecule has 0 spiro atoms. The molecule has 0 bridgehead atoms. The highest BCUT2D eigenvalue weighted by Crippen LogP contribution is 2.25. The van der Waals surface area contributed by atoms with Crippen LogP contribution < -0.4 is 5.32 Å². The summed E-state index contributed by atoms with van der Waals surface area (Å²) in [6.45, 7) is 5.95. The maximum atomic E-state index is 13.2. The molecule has 0 aliphatic rings. The fourth-order valence-electron chi connectivity index (χ4n) is 2.85. The summed E-state index contributed by atoms with van der Waals surface area (Å²) in [5.41, 5.74) is 2.32. The molecular formula is C20H21FN4O3S. The fourth-order valence-corrected chi connectivity index (χ4v) is 3.55. The lowest BCUT2D eigenvalue weighted by Gasteiger charge is -2.12. The first kappa shape index (κ1) is 20.7. The molecule has 29 heavy (non-hydrogen) atoms. The second-order valence-electron chi connectivity index (χ2n) is 6.57. The molecule has 0 atom stereocenters. The predicted octanol–water partition coefficient (Wildman–Crippen LogP) is 3.95. The van der Waals surface area contributed by atoms with Gasteiger partial charge < -0.3 is 4.74 Å². The molecule has 1 amide bonds. The molecule has 2 heterocycles. The Balaban J connectivity index is 1.80. The first-order chi connectivity index (χ1) is 13.9. The Hall–Kier alpha value is -3.07. The lowest BCUT2D eigenvalue weighted by Crippen LogP contribution is -2.15. The van der Waals surface area contributed by atoms with Crippen LogP contribution in [0.5, 0.6) is 0 Å². The third kappa shape index (κ3) is 4.86. The summed E-state index contributed by atoms with van der Waals surface area (Å²) in [7, 11) is 0. The Bertz CT molecular complexity index is 1010. The molecule has 0 saturated heterocycles. The first-order valence-corrected chi connectivity index (χ1v) is 10.0. The van der Waals surface area contributed by atoms with Crippen molar-refractivity contribution in [3.63, 3.8) is 0 Å². The smallest absolute Gasteiger partial charge is 0.311 e. The highest BCUT2D eigenvalue weighted by Gasteiger charge is 2.22. The van der Waals surface area contributed by atoms with E-state index < -0.39 is 0 Å². The van der Waals surface area contributed by atoms with Gasteiger partial charge in [-0.25, -0.2) is 14.1 Å². The number of esters is 1. The minimum atomic E-state index is -0.363. The van der Waals surface area contributed by atoms with Gasteiger partial charge in [-0.1, -0.05) is 13.8 Å². The van der Waals surface area contributed by atoms with Crippen molar-refractivity contribution < 1.29 is 18.7 Å². The van der Waals surface area contributed by atoms with Crippen LogP contribution in [0.25, 0.3) is 5.69 Å². The Labute approximate surface area is 171 Å². The zero-order chi connectivity index (χ0) is 21.0. The minimum Gasteiger partial charge on any atom is -0.466 e. The molecule has 1 aromatic carbocycles. The summed E-state index contributed by atoms with van der Waals surface area (Å²) >= 11 is 1.23. The molecule has 0 radical (unpaired) electrons. The zero-order valence-corrected chi connectivity index (χ0v) is 17.1. The number of carbonyl (C=O) groups excluding carboxylic acids is 2. The number of ether oxygens (including phenoxy) is 1. The van der Waals surface area contributed by atoms with E-state index in [1.54, 1.807) is 29.1 Å². The van der Waals surface area contributed by atoms with Crippen molar-refractivity contribution in [1.82, 2.24) is 14.8 Å². The van der Waals surface area contributed by atoms with Crippen LogP contribution in [0.3, 0.4) is 0 Å². The van der Waals surface area contributed by atoms with Crippen LogP contribution in [0, 0.1) is 5.82 Å². The second kappa shape index (κ2) is 8.95. The number of anilines is 1. The topological polar surface area (TPSA) is 86.1 Å². The summed E-state index contributed by atoms with van der Waals surface area (Å²) in [6, 6.07) is 5.92. The normalized spacial score (nSPS) is 10.9. The molecule has 2 aromatic heterocycles. The van der Waals surface area contributed by atoms with Crippen LogP contribution in [0.15, 0.2) is 35.8 Å². The van der Waals surface area contributed by atoms with E-state index in [1.165, 1.54) is 29.7 Å². The van der Waals surface area contributed by atoms with Crippen molar-refractivity contribution in [2.45, 2.75) is 33.1 Å². The monoisotopic (exact) mass is 416 g/mol. The van der Waals surface area contributed by atoms with Crippen LogP contribution in [-0.4, -0.2) is 33.2 Å². The van der Waals surface area contributed by atoms with Gasteiger partial charge in [0.05, 0.1) is 41.9 Å². The molecule has 0 unspecified atom stereocenters. The van der Waals surface area contributed by atoms with Gasteiger partial charge in [0.15, 0.2) is 5.13 Å². The van der Waals surface area contributed by atoms with E-state index in [0.717, 1.165) is 0 Å². The van der Waals surface area contributed by atoms with E-state index in [4.69, 9.17) is 4.74 Å². The van der Waals surface area contributed by atoms with Crippen molar-refractivity contribution >= 4 is 28.3 Å². The molecule has 0 aliphatic carbocycles. The number of nitrogens with one attached hydrogen (secondary N) is 1. The van der Waals surface area contributed by atoms with Crippen molar-refractivity contribution in [2.75, 3.05) is 11.9 Å². The lowest BCUT2D eigenvalue weighted by molar-refractivity contribution is -0.142. The minimum absolute atomic E-state index is 0.000951. The van der Waals surface area contributed by atoms with Crippen molar-refractivity contribution in [1.29, 1.82) is 0 Å². The average Bonchev–Trinajstić information content (AvgIpc) is 3.29. The molecule has 152 valence electrons. The van der Waals surface area contributed by atoms with Crippen LogP contribution in [-0.2, 0) is 16.0 Å². The van der Waals surface area contributed by atoms with Gasteiger partial charge in [0.1, 0.15) is 5.82 Å². The third-order valence-electron chi connectivity index (χ3n) is 4.07. The third-order valence-corrected chi connectivity index (χ3v) is 4.88. The molecule has 3 rings (SSSR count). The molecule has 0 fully saturated rings. The van der Waals surface area contributed by atoms with Crippen LogP contribution in [0.2, 0.25) is 0 Å². The Morgan fingerprint density at radius 1 is 1.28 bits per heavy atom. The van der Waals surface area contributed by atoms with Gasteiger partial charge in [0, 0.05) is 5.38 Å². The van der Waals surface area contributed by atoms with E-state index in [2.05, 4.69) is 15.4 Å². The number of hydrogen-bond donors (Lipinski definition) is 1. The van der Waals surface area contributed by atoms with E-state index in [9.17, 15) is 14.0 Å². The van der Waals surface area contributed by atoms with E-state index in [1.807, 2.05) is 13.8 Å². The highest BCUT2D eigenvalue weighted by atomic mass is 32.1. The fraction of sp³-hybridized carbons (Fsp3) is 0.300. The van der Waals surface area contributed by atoms with Gasteiger partial charge in [-0.3, -0.25) is 14.9 Å². The van der Waals surface area contributed by atoms with Crippen LogP contribution in [0.4, 0.5) is 9.52 Å². The maximum absolute atomic E-state index is 13.2. The van der Waals surface area contributed by atoms with Gasteiger partial charge in [0.2, 0.25) is 0 Å². The standard InChI is InChI=1S/C20H21FN4O3S/c1-4-28-17(26)9-14-11-29-20(23-14)24-19(27)16-10-22-25(18(16)12(2)3)15-7-5-13(21)6-8-15/h5-8,10-12H,4,9H2,1-3H3,(H,23,24,27). The predicted molar refractivity (Wildman–Crippen MR) is 108 cm³/mol. The number of benzene rings is 1. The quantitative estimate of drug-likeness (QED) is 0.590. The van der Waals surface area contributed by atoms with E-state index in [-0.39, 0.29) is 30.0 Å². The number of carbonyl (C=O) groups is 2. The van der Waals surface area contributed by atoms with Crippen LogP contribution in [0.1, 0.15) is 48.4 Å². The number of halogens is 1. The molecule has 0 saturated carbocycles. The van der Waals surface area contributed by atoms with Crippen LogP contribution >= 0.6 is 11.3 Å². The first-order valence-electron chi connectivity index (χ1n) is 9.14. The van der Waals surface area contributed by atoms with Gasteiger partial charge >= 0.3 is 5.97 Å². The number of thiazole rings is 1. The molecule has 9 heteroatoms. The Kier molecular flexibility index (Phi) is 6.38. The number of hydrogen-bond acceptors (Lipinski definition) is 6. The van der Waals surface area contributed by atoms with Gasteiger partial charge in [-0.2, -0.15) is 5.10 Å². The number of rotatable bonds is 7. The number of amides is 1. The number of aromatic nitrogens is 3. The molecule has 0 aliphatic heterocycles. The summed E-state index contributed by atoms with van der Waals surface area (Å²) in [6.07, 6.45) is 1.54. The van der Waals surface area contributed by atoms with E-state index >= 15 is 0 Å². The van der Waals surface area contributed by atoms with Gasteiger partial charge in [-0.05, 0) is 37.1 Å². The average molecular weight is 416 g/mol. The molecule has 3 aromatic rings. The largest absolute Gasteiger partial charge is 0.466 e. The van der Waals surface area contributed by atoms with Crippen molar-refractivity contribution in [3.8, 4) is 5.69 Å². The molecule has 1 N–H and O–H groups in total. The summed E-state index contributed by atoms with van der Waals surface area (Å²) < 4.78 is 19.8. The van der Waals surface area contributed by atoms with Gasteiger partial charge in [0.25, 0.3) is 5.91 Å². The lowest BCUT2D eigenvalue weighted by atomic mass is 10.1. The second-order valence-corrected chi connectivity index (χ2v) is 7.42. The van der Waals surface area contributed by atoms with Crippen molar-refractivity contribution in [2.24, 2.45) is 0 Å². The summed E-state index contributed by atoms with van der Waals surface area (Å²) in [5.74, 6) is -1.05. The maximum Gasteiger partial charge on any atom is 0.311 e. The number of nitrogens with zero attached hydrogens (tertiary/aromatic N) is 3. The summed E-state index contributed by atoms with van der Waals surface area (Å²) in [5, 5.41) is 9.17. The van der Waals surface area contributed by atoms with Crippen molar-refractivity contribution in [3.05, 3.63) is 58.6 Å². The highest BCUT2D eigenvalue weighted by molar-refractivity contribution is 7.14. The Morgan fingerprint density at radius 3 is 2.66 bits per heavy atom. The zero-order valence-electron chi connectivity index (χ0n) is 16.3. The van der Waals surface area contributed by atoms with E-state index in [0.29, 0.717) is 34.4 Å². The molecule has 7 nitrogen and oxygen atoms in total. The van der Waals surface area contributed by atoms with Gasteiger partial charge in [-0.15, -0.1) is 11.3 Å². The summed E-state index contributed by atoms with van der Waals surface area (Å²) in [4.78, 5) is 28.7. The Morgan fingerprint density at radius 2 is 2.00 bits per heavy atom.